The van der Waals surface area contributed by atoms with Crippen molar-refractivity contribution in [3.63, 3.8) is 0 Å². The summed E-state index contributed by atoms with van der Waals surface area (Å²) >= 11 is 0. The van der Waals surface area contributed by atoms with Crippen LogP contribution in [0.4, 0.5) is 0 Å². The van der Waals surface area contributed by atoms with Crippen molar-refractivity contribution in [1.29, 1.82) is 0 Å². The van der Waals surface area contributed by atoms with Crippen molar-refractivity contribution in [3.8, 4) is 0 Å². The molecule has 0 amide bonds. The number of rotatable bonds is 1. The van der Waals surface area contributed by atoms with Crippen molar-refractivity contribution in [2.24, 2.45) is 17.8 Å². The Morgan fingerprint density at radius 3 is 2.33 bits per heavy atom. The first-order valence-corrected chi connectivity index (χ1v) is 4.78. The molecule has 2 nitrogen and oxygen atoms in total. The van der Waals surface area contributed by atoms with Crippen LogP contribution in [-0.2, 0) is 9.53 Å². The van der Waals surface area contributed by atoms with E-state index in [2.05, 4.69) is 20.8 Å². The SMILES string of the molecule is CCC1OC(=O)C(C)C(C)C1C. The molecule has 1 saturated heterocycles. The van der Waals surface area contributed by atoms with E-state index < -0.39 is 0 Å². The highest BCUT2D eigenvalue weighted by atomic mass is 16.5. The maximum Gasteiger partial charge on any atom is 0.309 e. The second-order valence-electron chi connectivity index (χ2n) is 3.89. The highest BCUT2D eigenvalue weighted by molar-refractivity contribution is 5.73. The van der Waals surface area contributed by atoms with Gasteiger partial charge in [-0.1, -0.05) is 27.7 Å². The fourth-order valence-electron chi connectivity index (χ4n) is 1.83. The third-order valence-corrected chi connectivity index (χ3v) is 3.25. The molecular formula is C10H18O2. The zero-order chi connectivity index (χ0) is 9.30. The molecule has 1 heterocycles. The van der Waals surface area contributed by atoms with Gasteiger partial charge in [0.05, 0.1) is 5.92 Å². The van der Waals surface area contributed by atoms with E-state index in [9.17, 15) is 4.79 Å². The van der Waals surface area contributed by atoms with Crippen LogP contribution in [0.25, 0.3) is 0 Å². The largest absolute Gasteiger partial charge is 0.462 e. The van der Waals surface area contributed by atoms with E-state index in [-0.39, 0.29) is 18.0 Å². The second kappa shape index (κ2) is 3.46. The molecule has 0 aromatic heterocycles. The lowest BCUT2D eigenvalue weighted by Gasteiger charge is -2.36. The van der Waals surface area contributed by atoms with Gasteiger partial charge in [0, 0.05) is 0 Å². The van der Waals surface area contributed by atoms with Gasteiger partial charge in [0.1, 0.15) is 6.10 Å². The minimum Gasteiger partial charge on any atom is -0.462 e. The molecule has 4 unspecified atom stereocenters. The van der Waals surface area contributed by atoms with Gasteiger partial charge >= 0.3 is 5.97 Å². The smallest absolute Gasteiger partial charge is 0.309 e. The summed E-state index contributed by atoms with van der Waals surface area (Å²) in [6.07, 6.45) is 1.08. The standard InChI is InChI=1S/C10H18O2/c1-5-9-7(3)6(2)8(4)10(11)12-9/h6-9H,5H2,1-4H3. The van der Waals surface area contributed by atoms with Crippen molar-refractivity contribution < 1.29 is 9.53 Å². The van der Waals surface area contributed by atoms with Crippen LogP contribution >= 0.6 is 0 Å². The van der Waals surface area contributed by atoms with Crippen LogP contribution < -0.4 is 0 Å². The molecule has 0 aromatic carbocycles. The van der Waals surface area contributed by atoms with Crippen LogP contribution in [0.2, 0.25) is 0 Å². The number of hydrogen-bond donors (Lipinski definition) is 0. The Labute approximate surface area is 74.3 Å². The lowest BCUT2D eigenvalue weighted by atomic mass is 9.79. The molecule has 1 aliphatic heterocycles. The third kappa shape index (κ3) is 1.47. The molecule has 0 aliphatic carbocycles. The molecule has 0 radical (unpaired) electrons. The van der Waals surface area contributed by atoms with Crippen molar-refractivity contribution in [2.75, 3.05) is 0 Å². The lowest BCUT2D eigenvalue weighted by molar-refractivity contribution is -0.169. The molecule has 2 heteroatoms. The summed E-state index contributed by atoms with van der Waals surface area (Å²) in [4.78, 5) is 11.3. The molecule has 0 aromatic rings. The van der Waals surface area contributed by atoms with Crippen molar-refractivity contribution >= 4 is 5.97 Å². The van der Waals surface area contributed by atoms with Crippen LogP contribution in [0, 0.1) is 17.8 Å². The number of cyclic esters (lactones) is 1. The predicted molar refractivity (Wildman–Crippen MR) is 47.7 cm³/mol. The Bertz CT molecular complexity index is 175. The molecule has 4 atom stereocenters. The summed E-state index contributed by atoms with van der Waals surface area (Å²) in [6, 6.07) is 0. The Balaban J connectivity index is 2.70. The minimum atomic E-state index is -0.0209. The highest BCUT2D eigenvalue weighted by Crippen LogP contribution is 2.32. The first-order chi connectivity index (χ1) is 5.57. The van der Waals surface area contributed by atoms with Crippen molar-refractivity contribution in [2.45, 2.75) is 40.2 Å². The first-order valence-electron chi connectivity index (χ1n) is 4.78. The quantitative estimate of drug-likeness (QED) is 0.564. The van der Waals surface area contributed by atoms with Gasteiger partial charge in [-0.15, -0.1) is 0 Å². The van der Waals surface area contributed by atoms with Crippen molar-refractivity contribution in [1.82, 2.24) is 0 Å². The topological polar surface area (TPSA) is 26.3 Å². The van der Waals surface area contributed by atoms with Gasteiger partial charge in [-0.25, -0.2) is 0 Å². The number of carbonyl (C=O) groups is 1. The van der Waals surface area contributed by atoms with E-state index in [4.69, 9.17) is 4.74 Å². The molecule has 0 saturated carbocycles. The van der Waals surface area contributed by atoms with Gasteiger partial charge < -0.3 is 4.74 Å². The maximum absolute atomic E-state index is 11.3. The fourth-order valence-corrected chi connectivity index (χ4v) is 1.83. The Morgan fingerprint density at radius 1 is 1.25 bits per heavy atom. The third-order valence-electron chi connectivity index (χ3n) is 3.25. The van der Waals surface area contributed by atoms with E-state index in [1.165, 1.54) is 0 Å². The number of esters is 1. The van der Waals surface area contributed by atoms with E-state index in [1.807, 2.05) is 6.92 Å². The van der Waals surface area contributed by atoms with Gasteiger partial charge in [-0.3, -0.25) is 4.79 Å². The average molecular weight is 170 g/mol. The van der Waals surface area contributed by atoms with E-state index in [0.29, 0.717) is 11.8 Å². The Kier molecular flexibility index (Phi) is 2.76. The molecule has 70 valence electrons. The summed E-state index contributed by atoms with van der Waals surface area (Å²) in [5, 5.41) is 0. The Hall–Kier alpha value is -0.530. The number of carbonyl (C=O) groups excluding carboxylic acids is 1. The normalized spacial score (nSPS) is 42.5. The van der Waals surface area contributed by atoms with Gasteiger partial charge in [0.25, 0.3) is 0 Å². The molecule has 0 spiro atoms. The van der Waals surface area contributed by atoms with E-state index >= 15 is 0 Å². The summed E-state index contributed by atoms with van der Waals surface area (Å²) in [5.74, 6) is 1.01. The molecule has 12 heavy (non-hydrogen) atoms. The zero-order valence-electron chi connectivity index (χ0n) is 8.33. The first kappa shape index (κ1) is 9.56. The van der Waals surface area contributed by atoms with Crippen LogP contribution in [0.5, 0.6) is 0 Å². The number of ether oxygens (including phenoxy) is 1. The molecular weight excluding hydrogens is 152 g/mol. The summed E-state index contributed by atoms with van der Waals surface area (Å²) in [7, 11) is 0. The molecule has 0 bridgehead atoms. The summed E-state index contributed by atoms with van der Waals surface area (Å²) in [6.45, 7) is 8.33. The van der Waals surface area contributed by atoms with E-state index in [1.54, 1.807) is 0 Å². The average Bonchev–Trinajstić information content (AvgIpc) is 2.08. The van der Waals surface area contributed by atoms with Gasteiger partial charge in [-0.05, 0) is 18.3 Å². The van der Waals surface area contributed by atoms with Gasteiger partial charge in [0.15, 0.2) is 0 Å². The van der Waals surface area contributed by atoms with Gasteiger partial charge in [0.2, 0.25) is 0 Å². The molecule has 1 aliphatic rings. The van der Waals surface area contributed by atoms with E-state index in [0.717, 1.165) is 6.42 Å². The fraction of sp³-hybridized carbons (Fsp3) is 0.900. The summed E-state index contributed by atoms with van der Waals surface area (Å²) < 4.78 is 5.29. The molecule has 0 N–H and O–H groups in total. The van der Waals surface area contributed by atoms with Crippen LogP contribution in [0.3, 0.4) is 0 Å². The zero-order valence-corrected chi connectivity index (χ0v) is 8.33. The highest BCUT2D eigenvalue weighted by Gasteiger charge is 2.37. The maximum atomic E-state index is 11.3. The summed E-state index contributed by atoms with van der Waals surface area (Å²) in [5.41, 5.74) is 0. The Morgan fingerprint density at radius 2 is 1.83 bits per heavy atom. The monoisotopic (exact) mass is 170 g/mol. The van der Waals surface area contributed by atoms with Crippen LogP contribution in [-0.4, -0.2) is 12.1 Å². The molecule has 1 rings (SSSR count). The second-order valence-corrected chi connectivity index (χ2v) is 3.89. The number of hydrogen-bond acceptors (Lipinski definition) is 2. The predicted octanol–water partition coefficient (Wildman–Crippen LogP) is 2.23. The lowest BCUT2D eigenvalue weighted by Crippen LogP contribution is -2.41. The minimum absolute atomic E-state index is 0.0209. The van der Waals surface area contributed by atoms with Gasteiger partial charge in [-0.2, -0.15) is 0 Å². The van der Waals surface area contributed by atoms with Crippen LogP contribution in [0.15, 0.2) is 0 Å². The molecule has 1 fully saturated rings. The van der Waals surface area contributed by atoms with Crippen LogP contribution in [0.1, 0.15) is 34.1 Å². The van der Waals surface area contributed by atoms with Crippen molar-refractivity contribution in [3.05, 3.63) is 0 Å².